The van der Waals surface area contributed by atoms with Gasteiger partial charge in [-0.2, -0.15) is 0 Å². The summed E-state index contributed by atoms with van der Waals surface area (Å²) in [6.07, 6.45) is 6.31. The monoisotopic (exact) mass is 362 g/mol. The van der Waals surface area contributed by atoms with E-state index < -0.39 is 23.4 Å². The van der Waals surface area contributed by atoms with Gasteiger partial charge in [-0.3, -0.25) is 9.59 Å². The van der Waals surface area contributed by atoms with Crippen molar-refractivity contribution in [1.29, 1.82) is 0 Å². The highest BCUT2D eigenvalue weighted by molar-refractivity contribution is 6.04. The highest BCUT2D eigenvalue weighted by Crippen LogP contribution is 2.34. The summed E-state index contributed by atoms with van der Waals surface area (Å²) in [4.78, 5) is 25.1. The smallest absolute Gasteiger partial charge is 0.318 e. The predicted octanol–water partition coefficient (Wildman–Crippen LogP) is 4.86. The minimum atomic E-state index is -1.27. The minimum Gasteiger partial charge on any atom is -0.468 e. The van der Waals surface area contributed by atoms with E-state index in [9.17, 15) is 14.7 Å². The second-order valence-electron chi connectivity index (χ2n) is 7.50. The average Bonchev–Trinajstić information content (AvgIpc) is 2.66. The zero-order valence-corrected chi connectivity index (χ0v) is 16.7. The zero-order chi connectivity index (χ0) is 19.6. The molecule has 0 aliphatic heterocycles. The lowest BCUT2D eigenvalue weighted by atomic mass is 9.75. The van der Waals surface area contributed by atoms with E-state index in [-0.39, 0.29) is 5.78 Å². The fourth-order valence-corrected chi connectivity index (χ4v) is 3.28. The fourth-order valence-electron chi connectivity index (χ4n) is 3.28. The van der Waals surface area contributed by atoms with Gasteiger partial charge in [0.25, 0.3) is 0 Å². The van der Waals surface area contributed by atoms with Crippen molar-refractivity contribution in [3.63, 3.8) is 0 Å². The first kappa shape index (κ1) is 22.4. The minimum absolute atomic E-state index is 0.255. The zero-order valence-electron chi connectivity index (χ0n) is 16.7. The van der Waals surface area contributed by atoms with Crippen LogP contribution in [0.5, 0.6) is 0 Å². The summed E-state index contributed by atoms with van der Waals surface area (Å²) in [5.41, 5.74) is -0.560. The van der Waals surface area contributed by atoms with Gasteiger partial charge in [-0.1, -0.05) is 75.8 Å². The van der Waals surface area contributed by atoms with Gasteiger partial charge >= 0.3 is 5.97 Å². The highest BCUT2D eigenvalue weighted by atomic mass is 16.5. The summed E-state index contributed by atoms with van der Waals surface area (Å²) in [7, 11) is 1.29. The molecule has 0 aliphatic rings. The molecule has 146 valence electrons. The van der Waals surface area contributed by atoms with E-state index in [2.05, 4.69) is 6.92 Å². The molecule has 0 fully saturated rings. The first-order chi connectivity index (χ1) is 12.4. The first-order valence-corrected chi connectivity index (χ1v) is 9.72. The largest absolute Gasteiger partial charge is 0.468 e. The number of Topliss-reactive ketones (excluding diaryl/α,β-unsaturated/α-hetero) is 1. The van der Waals surface area contributed by atoms with Crippen LogP contribution in [0.2, 0.25) is 0 Å². The van der Waals surface area contributed by atoms with Crippen molar-refractivity contribution in [2.24, 2.45) is 11.3 Å². The standard InChI is InChI=1S/C22H34O4/c1-5-6-7-8-9-13-16-18(19(23)17-14-11-10-12-15-17)20(24)22(2,3)21(25)26-4/h10-12,14-15,18-19,23H,5-9,13,16H2,1-4H3. The van der Waals surface area contributed by atoms with Crippen LogP contribution in [0.3, 0.4) is 0 Å². The molecule has 4 heteroatoms. The van der Waals surface area contributed by atoms with E-state index in [1.165, 1.54) is 26.4 Å². The quantitative estimate of drug-likeness (QED) is 0.328. The molecule has 0 aromatic heterocycles. The second-order valence-corrected chi connectivity index (χ2v) is 7.50. The molecule has 4 nitrogen and oxygen atoms in total. The van der Waals surface area contributed by atoms with E-state index in [4.69, 9.17) is 4.74 Å². The molecule has 0 heterocycles. The molecule has 1 aromatic rings. The van der Waals surface area contributed by atoms with Crippen LogP contribution >= 0.6 is 0 Å². The van der Waals surface area contributed by atoms with E-state index >= 15 is 0 Å². The van der Waals surface area contributed by atoms with Gasteiger partial charge in [0.05, 0.1) is 13.2 Å². The van der Waals surface area contributed by atoms with Gasteiger partial charge in [0.1, 0.15) is 5.41 Å². The Bertz CT molecular complexity index is 551. The van der Waals surface area contributed by atoms with Gasteiger partial charge in [-0.05, 0) is 25.8 Å². The molecule has 1 N–H and O–H groups in total. The van der Waals surface area contributed by atoms with Gasteiger partial charge in [-0.15, -0.1) is 0 Å². The number of ketones is 1. The maximum Gasteiger partial charge on any atom is 0.318 e. The highest BCUT2D eigenvalue weighted by Gasteiger charge is 2.43. The number of hydrogen-bond acceptors (Lipinski definition) is 4. The Morgan fingerprint density at radius 2 is 1.62 bits per heavy atom. The molecule has 1 aromatic carbocycles. The molecule has 2 atom stereocenters. The molecule has 0 saturated heterocycles. The molecule has 0 spiro atoms. The third-order valence-corrected chi connectivity index (χ3v) is 5.04. The van der Waals surface area contributed by atoms with Crippen molar-refractivity contribution in [3.8, 4) is 0 Å². The van der Waals surface area contributed by atoms with Crippen LogP contribution in [0, 0.1) is 11.3 Å². The van der Waals surface area contributed by atoms with Crippen LogP contribution in [-0.2, 0) is 14.3 Å². The van der Waals surface area contributed by atoms with Gasteiger partial charge in [0, 0.05) is 5.92 Å². The average molecular weight is 363 g/mol. The van der Waals surface area contributed by atoms with E-state index in [0.29, 0.717) is 12.0 Å². The van der Waals surface area contributed by atoms with Gasteiger partial charge in [-0.25, -0.2) is 0 Å². The maximum atomic E-state index is 13.1. The molecule has 0 saturated carbocycles. The van der Waals surface area contributed by atoms with Crippen LogP contribution in [0.25, 0.3) is 0 Å². The summed E-state index contributed by atoms with van der Waals surface area (Å²) in [6.45, 7) is 5.33. The number of benzene rings is 1. The molecule has 0 aliphatic carbocycles. The SMILES string of the molecule is CCCCCCCCC(C(=O)C(C)(C)C(=O)OC)C(O)c1ccccc1. The second kappa shape index (κ2) is 11.1. The Balaban J connectivity index is 2.87. The van der Waals surface area contributed by atoms with Crippen LogP contribution in [0.15, 0.2) is 30.3 Å². The number of hydrogen-bond donors (Lipinski definition) is 1. The molecule has 0 amide bonds. The van der Waals surface area contributed by atoms with Crippen molar-refractivity contribution in [2.45, 2.75) is 71.8 Å². The number of carbonyl (C=O) groups excluding carboxylic acids is 2. The van der Waals surface area contributed by atoms with Crippen molar-refractivity contribution in [2.75, 3.05) is 7.11 Å². The number of ether oxygens (including phenoxy) is 1. The number of esters is 1. The van der Waals surface area contributed by atoms with Gasteiger partial charge < -0.3 is 9.84 Å². The molecular weight excluding hydrogens is 328 g/mol. The fraction of sp³-hybridized carbons (Fsp3) is 0.636. The summed E-state index contributed by atoms with van der Waals surface area (Å²) in [5.74, 6) is -1.43. The topological polar surface area (TPSA) is 63.6 Å². The normalized spacial score (nSPS) is 13.9. The molecule has 2 unspecified atom stereocenters. The number of aliphatic hydroxyl groups is 1. The van der Waals surface area contributed by atoms with Crippen molar-refractivity contribution < 1.29 is 19.4 Å². The van der Waals surface area contributed by atoms with Crippen molar-refractivity contribution in [3.05, 3.63) is 35.9 Å². The van der Waals surface area contributed by atoms with Crippen molar-refractivity contribution >= 4 is 11.8 Å². The number of carbonyl (C=O) groups is 2. The lowest BCUT2D eigenvalue weighted by Gasteiger charge is -2.29. The summed E-state index contributed by atoms with van der Waals surface area (Å²) in [5, 5.41) is 10.8. The third kappa shape index (κ3) is 6.24. The first-order valence-electron chi connectivity index (χ1n) is 9.72. The number of rotatable bonds is 12. The molecule has 1 rings (SSSR count). The van der Waals surface area contributed by atoms with Crippen LogP contribution < -0.4 is 0 Å². The molecule has 26 heavy (non-hydrogen) atoms. The number of aliphatic hydroxyl groups excluding tert-OH is 1. The Morgan fingerprint density at radius 1 is 1.04 bits per heavy atom. The van der Waals surface area contributed by atoms with Gasteiger partial charge in [0.15, 0.2) is 5.78 Å². The number of unbranched alkanes of at least 4 members (excludes halogenated alkanes) is 5. The summed E-state index contributed by atoms with van der Waals surface area (Å²) >= 11 is 0. The Labute approximate surface area is 158 Å². The predicted molar refractivity (Wildman–Crippen MR) is 104 cm³/mol. The lowest BCUT2D eigenvalue weighted by Crippen LogP contribution is -2.40. The maximum absolute atomic E-state index is 13.1. The van der Waals surface area contributed by atoms with Crippen LogP contribution in [0.1, 0.15) is 77.4 Å². The summed E-state index contributed by atoms with van der Waals surface area (Å²) < 4.78 is 4.80. The molecule has 0 bridgehead atoms. The number of methoxy groups -OCH3 is 1. The van der Waals surface area contributed by atoms with E-state index in [1.54, 1.807) is 13.8 Å². The van der Waals surface area contributed by atoms with E-state index in [0.717, 1.165) is 19.3 Å². The van der Waals surface area contributed by atoms with Crippen LogP contribution in [-0.4, -0.2) is 24.0 Å². The lowest BCUT2D eigenvalue weighted by molar-refractivity contribution is -0.158. The van der Waals surface area contributed by atoms with Gasteiger partial charge in [0.2, 0.25) is 0 Å². The van der Waals surface area contributed by atoms with E-state index in [1.807, 2.05) is 30.3 Å². The van der Waals surface area contributed by atoms with Crippen molar-refractivity contribution in [1.82, 2.24) is 0 Å². The summed E-state index contributed by atoms with van der Waals surface area (Å²) in [6, 6.07) is 9.19. The molecule has 0 radical (unpaired) electrons. The Kier molecular flexibility index (Phi) is 9.57. The molecular formula is C22H34O4. The Morgan fingerprint density at radius 3 is 2.19 bits per heavy atom. The Hall–Kier alpha value is -1.68. The van der Waals surface area contributed by atoms with Crippen LogP contribution in [0.4, 0.5) is 0 Å². The third-order valence-electron chi connectivity index (χ3n) is 5.04.